The smallest absolute Gasteiger partial charge is 0.407 e. The van der Waals surface area contributed by atoms with E-state index in [9.17, 15) is 4.79 Å². The van der Waals surface area contributed by atoms with Crippen LogP contribution in [0.15, 0.2) is 30.3 Å². The number of likely N-dealkylation sites (tertiary alicyclic amines) is 1. The number of piperidine rings is 1. The molecule has 0 spiro atoms. The van der Waals surface area contributed by atoms with Gasteiger partial charge in [-0.05, 0) is 52.0 Å². The third-order valence-electron chi connectivity index (χ3n) is 5.09. The van der Waals surface area contributed by atoms with Gasteiger partial charge in [-0.25, -0.2) is 4.79 Å². The van der Waals surface area contributed by atoms with Crippen LogP contribution in [0, 0.1) is 5.92 Å². The van der Waals surface area contributed by atoms with E-state index in [1.54, 1.807) is 0 Å². The molecule has 1 aliphatic heterocycles. The Kier molecular flexibility index (Phi) is 4.37. The first-order chi connectivity index (χ1) is 10.8. The van der Waals surface area contributed by atoms with Crippen molar-refractivity contribution in [2.45, 2.75) is 64.3 Å². The molecule has 2 fully saturated rings. The van der Waals surface area contributed by atoms with Crippen molar-refractivity contribution in [3.05, 3.63) is 35.9 Å². The van der Waals surface area contributed by atoms with Crippen LogP contribution in [0.2, 0.25) is 0 Å². The van der Waals surface area contributed by atoms with Crippen LogP contribution >= 0.6 is 0 Å². The lowest BCUT2D eigenvalue weighted by molar-refractivity contribution is 0.0489. The topological polar surface area (TPSA) is 41.6 Å². The Bertz CT molecular complexity index is 552. The highest BCUT2D eigenvalue weighted by Gasteiger charge is 2.49. The van der Waals surface area contributed by atoms with Crippen LogP contribution in [0.5, 0.6) is 0 Å². The maximum atomic E-state index is 12.1. The van der Waals surface area contributed by atoms with Crippen molar-refractivity contribution < 1.29 is 9.53 Å². The van der Waals surface area contributed by atoms with Gasteiger partial charge < -0.3 is 10.1 Å². The quantitative estimate of drug-likeness (QED) is 0.923. The van der Waals surface area contributed by atoms with Crippen molar-refractivity contribution in [3.8, 4) is 0 Å². The second-order valence-corrected chi connectivity index (χ2v) is 7.86. The van der Waals surface area contributed by atoms with E-state index in [0.29, 0.717) is 18.0 Å². The lowest BCUT2D eigenvalue weighted by atomic mass is 10.0. The first-order valence-electron chi connectivity index (χ1n) is 8.65. The van der Waals surface area contributed by atoms with E-state index in [4.69, 9.17) is 4.74 Å². The average Bonchev–Trinajstić information content (AvgIpc) is 3.02. The zero-order chi connectivity index (χ0) is 16.6. The molecule has 1 saturated carbocycles. The van der Waals surface area contributed by atoms with E-state index in [-0.39, 0.29) is 12.1 Å². The highest BCUT2D eigenvalue weighted by molar-refractivity contribution is 5.68. The summed E-state index contributed by atoms with van der Waals surface area (Å²) in [6.07, 6.45) is 2.07. The summed E-state index contributed by atoms with van der Waals surface area (Å²) in [5.74, 6) is 0.540. The summed E-state index contributed by atoms with van der Waals surface area (Å²) in [5, 5.41) is 3.13. The fourth-order valence-electron chi connectivity index (χ4n) is 4.07. The Balaban J connectivity index is 1.66. The van der Waals surface area contributed by atoms with Crippen LogP contribution in [-0.2, 0) is 4.74 Å². The minimum Gasteiger partial charge on any atom is -0.444 e. The molecule has 1 saturated heterocycles. The number of carbonyl (C=O) groups excluding carboxylic acids is 1. The summed E-state index contributed by atoms with van der Waals surface area (Å²) < 4.78 is 5.44. The summed E-state index contributed by atoms with van der Waals surface area (Å²) in [6, 6.07) is 11.6. The maximum Gasteiger partial charge on any atom is 0.407 e. The summed E-state index contributed by atoms with van der Waals surface area (Å²) in [6.45, 7) is 9.03. The minimum atomic E-state index is -0.446. The molecule has 4 unspecified atom stereocenters. The normalized spacial score (nSPS) is 28.6. The standard InChI is InChI=1S/C19H28N2O2/c1-13(14-8-6-5-7-9-14)21-12-15-10-11-16(21)17(15)20-18(22)23-19(2,3)4/h5-9,13,15-17H,10-12H2,1-4H3,(H,20,22). The monoisotopic (exact) mass is 316 g/mol. The fraction of sp³-hybridized carbons (Fsp3) is 0.632. The van der Waals surface area contributed by atoms with Gasteiger partial charge in [-0.15, -0.1) is 0 Å². The van der Waals surface area contributed by atoms with Crippen molar-refractivity contribution in [1.29, 1.82) is 0 Å². The number of alkyl carbamates (subject to hydrolysis) is 1. The Morgan fingerprint density at radius 3 is 2.61 bits per heavy atom. The van der Waals surface area contributed by atoms with Gasteiger partial charge in [-0.2, -0.15) is 0 Å². The highest BCUT2D eigenvalue weighted by atomic mass is 16.6. The van der Waals surface area contributed by atoms with E-state index < -0.39 is 5.60 Å². The Hall–Kier alpha value is -1.55. The molecule has 0 aromatic heterocycles. The van der Waals surface area contributed by atoms with Crippen molar-refractivity contribution in [3.63, 3.8) is 0 Å². The van der Waals surface area contributed by atoms with Gasteiger partial charge in [-0.1, -0.05) is 30.3 Å². The van der Waals surface area contributed by atoms with Crippen molar-refractivity contribution in [2.24, 2.45) is 5.92 Å². The van der Waals surface area contributed by atoms with Crippen LogP contribution in [0.3, 0.4) is 0 Å². The minimum absolute atomic E-state index is 0.219. The molecule has 4 nitrogen and oxygen atoms in total. The number of fused-ring (bicyclic) bond motifs is 2. The van der Waals surface area contributed by atoms with Crippen molar-refractivity contribution in [1.82, 2.24) is 10.2 Å². The molecule has 2 bridgehead atoms. The van der Waals surface area contributed by atoms with Crippen LogP contribution in [-0.4, -0.2) is 35.2 Å². The van der Waals surface area contributed by atoms with Gasteiger partial charge in [-0.3, -0.25) is 4.90 Å². The molecule has 3 rings (SSSR count). The average molecular weight is 316 g/mol. The summed E-state index contributed by atoms with van der Waals surface area (Å²) >= 11 is 0. The third kappa shape index (κ3) is 3.52. The molecule has 1 aliphatic carbocycles. The Morgan fingerprint density at radius 2 is 1.96 bits per heavy atom. The first kappa shape index (κ1) is 16.3. The van der Waals surface area contributed by atoms with Gasteiger partial charge in [0.15, 0.2) is 0 Å². The number of benzene rings is 1. The van der Waals surface area contributed by atoms with Gasteiger partial charge in [0.2, 0.25) is 0 Å². The van der Waals surface area contributed by atoms with Gasteiger partial charge in [0.05, 0.1) is 6.04 Å². The summed E-state index contributed by atoms with van der Waals surface area (Å²) in [7, 11) is 0. The lowest BCUT2D eigenvalue weighted by Crippen LogP contribution is -2.45. The largest absolute Gasteiger partial charge is 0.444 e. The molecule has 1 heterocycles. The zero-order valence-corrected chi connectivity index (χ0v) is 14.6. The Labute approximate surface area is 139 Å². The molecule has 0 radical (unpaired) electrons. The molecule has 4 atom stereocenters. The second kappa shape index (κ2) is 6.16. The molecule has 1 amide bonds. The van der Waals surface area contributed by atoms with Crippen molar-refractivity contribution in [2.75, 3.05) is 6.54 Å². The van der Waals surface area contributed by atoms with E-state index in [0.717, 1.165) is 13.0 Å². The lowest BCUT2D eigenvalue weighted by Gasteiger charge is -2.33. The zero-order valence-electron chi connectivity index (χ0n) is 14.6. The number of rotatable bonds is 3. The molecule has 126 valence electrons. The van der Waals surface area contributed by atoms with Crippen LogP contribution in [0.1, 0.15) is 52.1 Å². The molecule has 1 N–H and O–H groups in total. The van der Waals surface area contributed by atoms with Gasteiger partial charge in [0.25, 0.3) is 0 Å². The van der Waals surface area contributed by atoms with Crippen molar-refractivity contribution >= 4 is 6.09 Å². The fourth-order valence-corrected chi connectivity index (χ4v) is 4.07. The van der Waals surface area contributed by atoms with Crippen LogP contribution in [0.4, 0.5) is 4.79 Å². The number of amides is 1. The van der Waals surface area contributed by atoms with E-state index in [2.05, 4.69) is 47.5 Å². The van der Waals surface area contributed by atoms with Crippen LogP contribution in [0.25, 0.3) is 0 Å². The number of hydrogen-bond donors (Lipinski definition) is 1. The molecule has 1 aromatic rings. The van der Waals surface area contributed by atoms with E-state index in [1.807, 2.05) is 20.8 Å². The number of carbonyl (C=O) groups is 1. The first-order valence-corrected chi connectivity index (χ1v) is 8.65. The number of nitrogens with zero attached hydrogens (tertiary/aromatic N) is 1. The van der Waals surface area contributed by atoms with Crippen LogP contribution < -0.4 is 5.32 Å². The van der Waals surface area contributed by atoms with Gasteiger partial charge in [0.1, 0.15) is 5.60 Å². The molecule has 23 heavy (non-hydrogen) atoms. The molecular formula is C19H28N2O2. The summed E-state index contributed by atoms with van der Waals surface area (Å²) in [5.41, 5.74) is 0.898. The SMILES string of the molecule is CC(c1ccccc1)N1CC2CCC1C2NC(=O)OC(C)(C)C. The van der Waals surface area contributed by atoms with E-state index in [1.165, 1.54) is 12.0 Å². The van der Waals surface area contributed by atoms with Gasteiger partial charge >= 0.3 is 6.09 Å². The Morgan fingerprint density at radius 1 is 1.26 bits per heavy atom. The maximum absolute atomic E-state index is 12.1. The number of ether oxygens (including phenoxy) is 1. The highest BCUT2D eigenvalue weighted by Crippen LogP contribution is 2.42. The molecule has 1 aromatic carbocycles. The number of hydrogen-bond acceptors (Lipinski definition) is 3. The molecule has 2 aliphatic rings. The predicted molar refractivity (Wildman–Crippen MR) is 91.2 cm³/mol. The third-order valence-corrected chi connectivity index (χ3v) is 5.09. The predicted octanol–water partition coefficient (Wildman–Crippen LogP) is 3.74. The van der Waals surface area contributed by atoms with Gasteiger partial charge in [0, 0.05) is 18.6 Å². The summed E-state index contributed by atoms with van der Waals surface area (Å²) in [4.78, 5) is 14.7. The molecular weight excluding hydrogens is 288 g/mol. The number of nitrogens with one attached hydrogen (secondary N) is 1. The molecule has 4 heteroatoms. The van der Waals surface area contributed by atoms with E-state index >= 15 is 0 Å². The second-order valence-electron chi connectivity index (χ2n) is 7.86.